The molecule has 0 radical (unpaired) electrons. The van der Waals surface area contributed by atoms with E-state index in [2.05, 4.69) is 32.7 Å². The monoisotopic (exact) mass is 490 g/mol. The zero-order valence-electron chi connectivity index (χ0n) is 20.0. The summed E-state index contributed by atoms with van der Waals surface area (Å²) in [7, 11) is 3.25. The van der Waals surface area contributed by atoms with Crippen LogP contribution in [0.5, 0.6) is 11.5 Å². The largest absolute Gasteiger partial charge is 0.493 e. The van der Waals surface area contributed by atoms with Crippen molar-refractivity contribution in [3.05, 3.63) is 60.9 Å². The molecule has 9 nitrogen and oxygen atoms in total. The Morgan fingerprint density at radius 2 is 1.69 bits per heavy atom. The van der Waals surface area contributed by atoms with E-state index in [1.165, 1.54) is 0 Å². The summed E-state index contributed by atoms with van der Waals surface area (Å²) in [6.45, 7) is 5.56. The van der Waals surface area contributed by atoms with Crippen LogP contribution in [0.15, 0.2) is 60.9 Å². The van der Waals surface area contributed by atoms with Crippen LogP contribution in [-0.4, -0.2) is 72.9 Å². The number of aromatic nitrogens is 3. The van der Waals surface area contributed by atoms with E-state index < -0.39 is 0 Å². The standard InChI is InChI=1S/C26H30N6O3.CH4/c1-33-23-8-3-19(17-24(23)34-2)22-18-25-28-10-12-32(25)26(30-22)29-21-6-4-20(5-7-21)27-9-11-31-13-15-35-16-14-31;/h3-8,10,12,17-18,27H,9,11,13-16H2,1-2H3,(H,29,30);1H4. The van der Waals surface area contributed by atoms with Crippen molar-refractivity contribution in [1.82, 2.24) is 19.3 Å². The van der Waals surface area contributed by atoms with Gasteiger partial charge in [0.05, 0.1) is 33.1 Å². The van der Waals surface area contributed by atoms with Crippen LogP contribution in [0, 0.1) is 0 Å². The minimum absolute atomic E-state index is 0. The lowest BCUT2D eigenvalue weighted by Crippen LogP contribution is -2.38. The summed E-state index contributed by atoms with van der Waals surface area (Å²) in [5.74, 6) is 2.01. The molecule has 0 unspecified atom stereocenters. The third kappa shape index (κ3) is 5.69. The molecule has 5 rings (SSSR count). The number of ether oxygens (including phenoxy) is 3. The fourth-order valence-electron chi connectivity index (χ4n) is 4.14. The maximum Gasteiger partial charge on any atom is 0.213 e. The highest BCUT2D eigenvalue weighted by Gasteiger charge is 2.12. The Hall–Kier alpha value is -3.82. The van der Waals surface area contributed by atoms with Gasteiger partial charge in [-0.05, 0) is 42.5 Å². The summed E-state index contributed by atoms with van der Waals surface area (Å²) < 4.78 is 18.2. The summed E-state index contributed by atoms with van der Waals surface area (Å²) in [6.07, 6.45) is 3.66. The number of hydrogen-bond acceptors (Lipinski definition) is 8. The third-order valence-corrected chi connectivity index (χ3v) is 6.07. The molecule has 190 valence electrons. The van der Waals surface area contributed by atoms with Crippen LogP contribution in [0.1, 0.15) is 7.43 Å². The number of methoxy groups -OCH3 is 2. The Bertz CT molecular complexity index is 1270. The van der Waals surface area contributed by atoms with Crippen LogP contribution in [0.3, 0.4) is 0 Å². The smallest absolute Gasteiger partial charge is 0.213 e. The van der Waals surface area contributed by atoms with Crippen molar-refractivity contribution in [2.75, 3.05) is 64.2 Å². The summed E-state index contributed by atoms with van der Waals surface area (Å²) in [4.78, 5) is 11.8. The normalized spacial score (nSPS) is 13.7. The van der Waals surface area contributed by atoms with E-state index in [9.17, 15) is 0 Å². The Balaban J connectivity index is 0.00000304. The van der Waals surface area contributed by atoms with E-state index in [4.69, 9.17) is 19.2 Å². The second kappa shape index (κ2) is 11.7. The SMILES string of the molecule is C.COc1ccc(-c2cc3nccn3c(Nc3ccc(NCCN4CCOCC4)cc3)n2)cc1OC. The Morgan fingerprint density at radius 3 is 2.44 bits per heavy atom. The summed E-state index contributed by atoms with van der Waals surface area (Å²) >= 11 is 0. The maximum absolute atomic E-state index is 5.47. The van der Waals surface area contributed by atoms with Gasteiger partial charge in [0.15, 0.2) is 11.5 Å². The highest BCUT2D eigenvalue weighted by molar-refractivity contribution is 5.70. The number of anilines is 3. The average molecular weight is 491 g/mol. The van der Waals surface area contributed by atoms with Gasteiger partial charge >= 0.3 is 0 Å². The highest BCUT2D eigenvalue weighted by atomic mass is 16.5. The quantitative estimate of drug-likeness (QED) is 0.354. The molecule has 1 saturated heterocycles. The van der Waals surface area contributed by atoms with Crippen molar-refractivity contribution in [2.45, 2.75) is 7.43 Å². The first-order valence-corrected chi connectivity index (χ1v) is 11.7. The molecular weight excluding hydrogens is 456 g/mol. The molecule has 2 aromatic carbocycles. The minimum atomic E-state index is 0. The van der Waals surface area contributed by atoms with Gasteiger partial charge in [0.1, 0.15) is 5.65 Å². The number of imidazole rings is 1. The number of fused-ring (bicyclic) bond motifs is 1. The van der Waals surface area contributed by atoms with Gasteiger partial charge in [-0.3, -0.25) is 9.30 Å². The van der Waals surface area contributed by atoms with Gasteiger partial charge in [0, 0.05) is 61.6 Å². The highest BCUT2D eigenvalue weighted by Crippen LogP contribution is 2.32. The third-order valence-electron chi connectivity index (χ3n) is 6.07. The molecule has 1 fully saturated rings. The maximum atomic E-state index is 5.47. The topological polar surface area (TPSA) is 85.2 Å². The fraction of sp³-hybridized carbons (Fsp3) is 0.333. The summed E-state index contributed by atoms with van der Waals surface area (Å²) in [6, 6.07) is 16.0. The molecule has 0 bridgehead atoms. The lowest BCUT2D eigenvalue weighted by atomic mass is 10.1. The molecule has 36 heavy (non-hydrogen) atoms. The molecular formula is C27H34N6O3. The number of morpholine rings is 1. The zero-order valence-corrected chi connectivity index (χ0v) is 20.0. The van der Waals surface area contributed by atoms with Crippen molar-refractivity contribution in [3.63, 3.8) is 0 Å². The van der Waals surface area contributed by atoms with Crippen LogP contribution in [0.2, 0.25) is 0 Å². The lowest BCUT2D eigenvalue weighted by molar-refractivity contribution is 0.0398. The van der Waals surface area contributed by atoms with E-state index >= 15 is 0 Å². The van der Waals surface area contributed by atoms with Crippen molar-refractivity contribution < 1.29 is 14.2 Å². The molecule has 3 heterocycles. The van der Waals surface area contributed by atoms with E-state index in [1.807, 2.05) is 47.0 Å². The number of nitrogens with one attached hydrogen (secondary N) is 2. The molecule has 9 heteroatoms. The van der Waals surface area contributed by atoms with E-state index in [1.54, 1.807) is 20.4 Å². The Labute approximate surface area is 212 Å². The molecule has 2 aromatic heterocycles. The predicted molar refractivity (Wildman–Crippen MR) is 144 cm³/mol. The van der Waals surface area contributed by atoms with Gasteiger partial charge in [0.2, 0.25) is 5.95 Å². The first-order chi connectivity index (χ1) is 17.2. The molecule has 4 aromatic rings. The average Bonchev–Trinajstić information content (AvgIpc) is 3.39. The molecule has 0 spiro atoms. The van der Waals surface area contributed by atoms with Gasteiger partial charge in [0.25, 0.3) is 0 Å². The lowest BCUT2D eigenvalue weighted by Gasteiger charge is -2.26. The van der Waals surface area contributed by atoms with Crippen molar-refractivity contribution in [2.24, 2.45) is 0 Å². The second-order valence-electron chi connectivity index (χ2n) is 8.27. The van der Waals surface area contributed by atoms with Gasteiger partial charge < -0.3 is 24.8 Å². The molecule has 1 aliphatic heterocycles. The Morgan fingerprint density at radius 1 is 0.944 bits per heavy atom. The number of rotatable bonds is 9. The fourth-order valence-corrected chi connectivity index (χ4v) is 4.14. The van der Waals surface area contributed by atoms with E-state index in [0.717, 1.165) is 67.7 Å². The van der Waals surface area contributed by atoms with Gasteiger partial charge in [-0.25, -0.2) is 9.97 Å². The van der Waals surface area contributed by atoms with Crippen LogP contribution in [-0.2, 0) is 4.74 Å². The number of nitrogens with zero attached hydrogens (tertiary/aromatic N) is 4. The first-order valence-electron chi connectivity index (χ1n) is 11.7. The van der Waals surface area contributed by atoms with E-state index in [0.29, 0.717) is 17.4 Å². The number of hydrogen-bond donors (Lipinski definition) is 2. The molecule has 0 atom stereocenters. The van der Waals surface area contributed by atoms with Crippen molar-refractivity contribution >= 4 is 23.0 Å². The second-order valence-corrected chi connectivity index (χ2v) is 8.27. The van der Waals surface area contributed by atoms with Gasteiger partial charge in [-0.1, -0.05) is 7.43 Å². The molecule has 0 aliphatic carbocycles. The van der Waals surface area contributed by atoms with Crippen LogP contribution in [0.4, 0.5) is 17.3 Å². The molecule has 0 saturated carbocycles. The molecule has 1 aliphatic rings. The molecule has 0 amide bonds. The minimum Gasteiger partial charge on any atom is -0.493 e. The zero-order chi connectivity index (χ0) is 24.0. The van der Waals surface area contributed by atoms with Crippen LogP contribution in [0.25, 0.3) is 16.9 Å². The van der Waals surface area contributed by atoms with Crippen molar-refractivity contribution in [3.8, 4) is 22.8 Å². The predicted octanol–water partition coefficient (Wildman–Crippen LogP) is 4.54. The van der Waals surface area contributed by atoms with Crippen LogP contribution >= 0.6 is 0 Å². The van der Waals surface area contributed by atoms with E-state index in [-0.39, 0.29) is 7.43 Å². The van der Waals surface area contributed by atoms with Gasteiger partial charge in [-0.15, -0.1) is 0 Å². The molecule has 2 N–H and O–H groups in total. The Kier molecular flexibility index (Phi) is 8.24. The first kappa shape index (κ1) is 25.3. The summed E-state index contributed by atoms with van der Waals surface area (Å²) in [5, 5.41) is 6.93. The van der Waals surface area contributed by atoms with Crippen molar-refractivity contribution in [1.29, 1.82) is 0 Å². The number of benzene rings is 2. The summed E-state index contributed by atoms with van der Waals surface area (Å²) in [5.41, 5.74) is 4.53. The van der Waals surface area contributed by atoms with Crippen LogP contribution < -0.4 is 20.1 Å². The van der Waals surface area contributed by atoms with Gasteiger partial charge in [-0.2, -0.15) is 0 Å².